The molecule has 0 heterocycles. The van der Waals surface area contributed by atoms with E-state index < -0.39 is 5.92 Å². The molecule has 1 saturated carbocycles. The van der Waals surface area contributed by atoms with Crippen LogP contribution in [0.15, 0.2) is 0 Å². The number of ketones is 1. The third kappa shape index (κ3) is 4.32. The smallest absolute Gasteiger partial charge is 0.317 e. The van der Waals surface area contributed by atoms with Crippen LogP contribution in [0.25, 0.3) is 0 Å². The van der Waals surface area contributed by atoms with Crippen molar-refractivity contribution in [2.45, 2.75) is 66.9 Å². The van der Waals surface area contributed by atoms with E-state index in [0.717, 1.165) is 12.8 Å². The van der Waals surface area contributed by atoms with Gasteiger partial charge in [0.2, 0.25) is 0 Å². The molecule has 0 radical (unpaired) electrons. The standard InChI is InChI=1S/C17H30O3/c1-10(2)14-8-7-12(5)9-15(14)20-17(19)16(11(3)4)13(6)18/h10-12,14-16H,7-9H2,1-6H3/t12-,14+,15-,16-/m1/s1. The number of hydrogen-bond donors (Lipinski definition) is 0. The zero-order valence-corrected chi connectivity index (χ0v) is 13.8. The normalized spacial score (nSPS) is 28.5. The Morgan fingerprint density at radius 2 is 1.70 bits per heavy atom. The SMILES string of the molecule is CC(=O)[C@H](C(=O)O[C@@H]1C[C@H](C)CC[C@H]1C(C)C)C(C)C. The second-order valence-corrected chi connectivity index (χ2v) is 7.13. The van der Waals surface area contributed by atoms with Crippen LogP contribution in [-0.4, -0.2) is 17.9 Å². The van der Waals surface area contributed by atoms with Gasteiger partial charge in [-0.15, -0.1) is 0 Å². The van der Waals surface area contributed by atoms with E-state index in [1.54, 1.807) is 0 Å². The highest BCUT2D eigenvalue weighted by atomic mass is 16.5. The van der Waals surface area contributed by atoms with E-state index in [9.17, 15) is 9.59 Å². The first kappa shape index (κ1) is 17.2. The van der Waals surface area contributed by atoms with E-state index in [1.165, 1.54) is 13.3 Å². The first-order valence-corrected chi connectivity index (χ1v) is 7.95. The molecule has 0 aliphatic heterocycles. The van der Waals surface area contributed by atoms with Crippen LogP contribution in [0, 0.1) is 29.6 Å². The Morgan fingerprint density at radius 3 is 2.15 bits per heavy atom. The summed E-state index contributed by atoms with van der Waals surface area (Å²) >= 11 is 0. The van der Waals surface area contributed by atoms with Crippen LogP contribution in [0.1, 0.15) is 60.8 Å². The van der Waals surface area contributed by atoms with Gasteiger partial charge in [0.1, 0.15) is 17.8 Å². The van der Waals surface area contributed by atoms with Crippen molar-refractivity contribution in [3.05, 3.63) is 0 Å². The molecule has 116 valence electrons. The van der Waals surface area contributed by atoms with Crippen molar-refractivity contribution in [2.75, 3.05) is 0 Å². The number of esters is 1. The van der Waals surface area contributed by atoms with E-state index in [1.807, 2.05) is 13.8 Å². The molecule has 0 aromatic rings. The molecular weight excluding hydrogens is 252 g/mol. The minimum Gasteiger partial charge on any atom is -0.462 e. The molecule has 1 rings (SSSR count). The Kier molecular flexibility index (Phi) is 6.22. The fourth-order valence-corrected chi connectivity index (χ4v) is 3.38. The fraction of sp³-hybridized carbons (Fsp3) is 0.882. The van der Waals surface area contributed by atoms with Crippen LogP contribution in [-0.2, 0) is 14.3 Å². The highest BCUT2D eigenvalue weighted by molar-refractivity contribution is 5.98. The topological polar surface area (TPSA) is 43.4 Å². The van der Waals surface area contributed by atoms with Crippen molar-refractivity contribution in [1.29, 1.82) is 0 Å². The summed E-state index contributed by atoms with van der Waals surface area (Å²) in [5.41, 5.74) is 0. The molecule has 0 bridgehead atoms. The third-order valence-electron chi connectivity index (χ3n) is 4.59. The van der Waals surface area contributed by atoms with Gasteiger partial charge in [-0.3, -0.25) is 9.59 Å². The Morgan fingerprint density at radius 1 is 1.10 bits per heavy atom. The first-order valence-electron chi connectivity index (χ1n) is 7.95. The molecule has 0 saturated heterocycles. The van der Waals surface area contributed by atoms with Crippen molar-refractivity contribution >= 4 is 11.8 Å². The van der Waals surface area contributed by atoms with Crippen LogP contribution in [0.5, 0.6) is 0 Å². The zero-order chi connectivity index (χ0) is 15.4. The predicted octanol–water partition coefficient (Wildman–Crippen LogP) is 3.85. The summed E-state index contributed by atoms with van der Waals surface area (Å²) < 4.78 is 5.76. The summed E-state index contributed by atoms with van der Waals surface area (Å²) in [6.07, 6.45) is 3.23. The van der Waals surface area contributed by atoms with Crippen LogP contribution < -0.4 is 0 Å². The van der Waals surface area contributed by atoms with Gasteiger partial charge in [0, 0.05) is 0 Å². The highest BCUT2D eigenvalue weighted by Gasteiger charge is 2.36. The maximum Gasteiger partial charge on any atom is 0.317 e. The van der Waals surface area contributed by atoms with Crippen LogP contribution in [0.4, 0.5) is 0 Å². The number of carbonyl (C=O) groups is 2. The Balaban J connectivity index is 2.76. The predicted molar refractivity (Wildman–Crippen MR) is 80.2 cm³/mol. The number of ether oxygens (including phenoxy) is 1. The molecule has 3 heteroatoms. The number of hydrogen-bond acceptors (Lipinski definition) is 3. The molecule has 0 unspecified atom stereocenters. The minimum absolute atomic E-state index is 0.00138. The van der Waals surface area contributed by atoms with Crippen LogP contribution >= 0.6 is 0 Å². The van der Waals surface area contributed by atoms with Gasteiger partial charge in [-0.05, 0) is 43.4 Å². The van der Waals surface area contributed by atoms with Gasteiger partial charge < -0.3 is 4.74 Å². The molecule has 4 atom stereocenters. The van der Waals surface area contributed by atoms with Gasteiger partial charge in [0.15, 0.2) is 0 Å². The van der Waals surface area contributed by atoms with Gasteiger partial charge in [-0.1, -0.05) is 41.0 Å². The highest BCUT2D eigenvalue weighted by Crippen LogP contribution is 2.36. The molecule has 1 aliphatic rings. The first-order chi connectivity index (χ1) is 9.23. The van der Waals surface area contributed by atoms with Crippen molar-refractivity contribution in [3.8, 4) is 0 Å². The maximum atomic E-state index is 12.3. The summed E-state index contributed by atoms with van der Waals surface area (Å²) in [6.45, 7) is 11.9. The van der Waals surface area contributed by atoms with Crippen molar-refractivity contribution in [2.24, 2.45) is 29.6 Å². The van der Waals surface area contributed by atoms with E-state index in [0.29, 0.717) is 17.8 Å². The van der Waals surface area contributed by atoms with E-state index in [2.05, 4.69) is 20.8 Å². The Labute approximate surface area is 123 Å². The van der Waals surface area contributed by atoms with E-state index in [-0.39, 0.29) is 23.8 Å². The van der Waals surface area contributed by atoms with Gasteiger partial charge in [-0.25, -0.2) is 0 Å². The third-order valence-corrected chi connectivity index (χ3v) is 4.59. The molecule has 20 heavy (non-hydrogen) atoms. The van der Waals surface area contributed by atoms with Gasteiger partial charge in [-0.2, -0.15) is 0 Å². The van der Waals surface area contributed by atoms with Crippen molar-refractivity contribution in [3.63, 3.8) is 0 Å². The molecule has 0 N–H and O–H groups in total. The van der Waals surface area contributed by atoms with Gasteiger partial charge in [0.25, 0.3) is 0 Å². The Hall–Kier alpha value is -0.860. The van der Waals surface area contributed by atoms with E-state index in [4.69, 9.17) is 4.74 Å². The summed E-state index contributed by atoms with van der Waals surface area (Å²) in [7, 11) is 0. The van der Waals surface area contributed by atoms with Crippen LogP contribution in [0.3, 0.4) is 0 Å². The fourth-order valence-electron chi connectivity index (χ4n) is 3.38. The molecule has 1 aliphatic carbocycles. The summed E-state index contributed by atoms with van der Waals surface area (Å²) in [4.78, 5) is 24.0. The molecule has 0 spiro atoms. The van der Waals surface area contributed by atoms with Gasteiger partial charge >= 0.3 is 5.97 Å². The molecule has 0 amide bonds. The lowest BCUT2D eigenvalue weighted by Crippen LogP contribution is -2.39. The van der Waals surface area contributed by atoms with Crippen molar-refractivity contribution in [1.82, 2.24) is 0 Å². The Bertz CT molecular complexity index is 346. The number of carbonyl (C=O) groups excluding carboxylic acids is 2. The number of Topliss-reactive ketones (excluding diaryl/α,β-unsaturated/α-hetero) is 1. The zero-order valence-electron chi connectivity index (χ0n) is 13.8. The lowest BCUT2D eigenvalue weighted by molar-refractivity contribution is -0.164. The van der Waals surface area contributed by atoms with Crippen LogP contribution in [0.2, 0.25) is 0 Å². The minimum atomic E-state index is -0.611. The maximum absolute atomic E-state index is 12.3. The second kappa shape index (κ2) is 7.24. The van der Waals surface area contributed by atoms with Crippen molar-refractivity contribution < 1.29 is 14.3 Å². The summed E-state index contributed by atoms with van der Waals surface area (Å²) in [5, 5.41) is 0. The average Bonchev–Trinajstić information content (AvgIpc) is 2.26. The molecule has 0 aromatic carbocycles. The molecule has 3 nitrogen and oxygen atoms in total. The molecule has 0 aromatic heterocycles. The largest absolute Gasteiger partial charge is 0.462 e. The molecular formula is C17H30O3. The van der Waals surface area contributed by atoms with Gasteiger partial charge in [0.05, 0.1) is 0 Å². The quantitative estimate of drug-likeness (QED) is 0.568. The van der Waals surface area contributed by atoms with E-state index >= 15 is 0 Å². The second-order valence-electron chi connectivity index (χ2n) is 7.13. The summed E-state index contributed by atoms with van der Waals surface area (Å²) in [6, 6.07) is 0. The molecule has 1 fully saturated rings. The monoisotopic (exact) mass is 282 g/mol. The lowest BCUT2D eigenvalue weighted by Gasteiger charge is -2.37. The average molecular weight is 282 g/mol. The lowest BCUT2D eigenvalue weighted by atomic mass is 9.75. The number of rotatable bonds is 5. The summed E-state index contributed by atoms with van der Waals surface area (Å²) in [5.74, 6) is 0.508.